The Balaban J connectivity index is 1.85. The number of aliphatic hydroxyl groups excluding tert-OH is 1. The Hall–Kier alpha value is -1.66. The van der Waals surface area contributed by atoms with E-state index in [0.29, 0.717) is 30.4 Å². The molecule has 0 aliphatic heterocycles. The predicted octanol–water partition coefficient (Wildman–Crippen LogP) is 2.65. The van der Waals surface area contributed by atoms with Crippen molar-refractivity contribution in [1.29, 1.82) is 0 Å². The Morgan fingerprint density at radius 3 is 2.46 bits per heavy atom. The molecule has 2 rings (SSSR count). The molecule has 1 saturated carbocycles. The van der Waals surface area contributed by atoms with Crippen molar-refractivity contribution in [3.63, 3.8) is 0 Å². The van der Waals surface area contributed by atoms with E-state index in [1.165, 1.54) is 0 Å². The zero-order valence-electron chi connectivity index (χ0n) is 16.5. The number of pyridine rings is 1. The highest BCUT2D eigenvalue weighted by molar-refractivity contribution is 5.92. The van der Waals surface area contributed by atoms with Crippen LogP contribution in [0.1, 0.15) is 63.9 Å². The van der Waals surface area contributed by atoms with Gasteiger partial charge in [-0.1, -0.05) is 6.07 Å². The minimum atomic E-state index is -0.172. The maximum Gasteiger partial charge on any atom is 0.270 e. The molecule has 1 aliphatic carbocycles. The van der Waals surface area contributed by atoms with Crippen molar-refractivity contribution in [3.8, 4) is 0 Å². The van der Waals surface area contributed by atoms with Crippen LogP contribution in [0.25, 0.3) is 0 Å². The predicted molar refractivity (Wildman–Crippen MR) is 105 cm³/mol. The van der Waals surface area contributed by atoms with Gasteiger partial charge in [0, 0.05) is 31.2 Å². The van der Waals surface area contributed by atoms with Gasteiger partial charge in [0.25, 0.3) is 5.91 Å². The zero-order chi connectivity index (χ0) is 19.1. The maximum absolute atomic E-state index is 12.4. The Morgan fingerprint density at radius 1 is 1.19 bits per heavy atom. The Bertz CT molecular complexity index is 561. The summed E-state index contributed by atoms with van der Waals surface area (Å²) in [6.07, 6.45) is 3.33. The molecule has 1 heterocycles. The number of carbonyl (C=O) groups is 1. The highest BCUT2D eigenvalue weighted by Crippen LogP contribution is 2.21. The van der Waals surface area contributed by atoms with Crippen LogP contribution in [0.15, 0.2) is 18.2 Å². The van der Waals surface area contributed by atoms with Crippen LogP contribution < -0.4 is 10.6 Å². The second kappa shape index (κ2) is 9.88. The fraction of sp³-hybridized carbons (Fsp3) is 0.700. The number of nitrogens with zero attached hydrogens (tertiary/aromatic N) is 2. The molecule has 26 heavy (non-hydrogen) atoms. The number of nitrogens with one attached hydrogen (secondary N) is 2. The molecule has 1 aliphatic rings. The minimum absolute atomic E-state index is 0.139. The average Bonchev–Trinajstić information content (AvgIpc) is 2.60. The van der Waals surface area contributed by atoms with Crippen molar-refractivity contribution < 1.29 is 9.90 Å². The van der Waals surface area contributed by atoms with E-state index in [1.807, 2.05) is 12.1 Å². The molecule has 0 spiro atoms. The first-order valence-electron chi connectivity index (χ1n) is 9.82. The van der Waals surface area contributed by atoms with Gasteiger partial charge >= 0.3 is 0 Å². The summed E-state index contributed by atoms with van der Waals surface area (Å²) in [6, 6.07) is 6.71. The van der Waals surface area contributed by atoms with Gasteiger partial charge in [-0.3, -0.25) is 9.69 Å². The molecule has 0 radical (unpaired) electrons. The monoisotopic (exact) mass is 362 g/mol. The smallest absolute Gasteiger partial charge is 0.270 e. The van der Waals surface area contributed by atoms with Gasteiger partial charge in [0.1, 0.15) is 11.5 Å². The van der Waals surface area contributed by atoms with E-state index < -0.39 is 0 Å². The van der Waals surface area contributed by atoms with Crippen molar-refractivity contribution in [2.45, 2.75) is 77.6 Å². The van der Waals surface area contributed by atoms with E-state index >= 15 is 0 Å². The van der Waals surface area contributed by atoms with E-state index in [9.17, 15) is 9.90 Å². The van der Waals surface area contributed by atoms with E-state index in [1.54, 1.807) is 6.07 Å². The maximum atomic E-state index is 12.4. The molecule has 0 bridgehead atoms. The Kier molecular flexibility index (Phi) is 7.85. The summed E-state index contributed by atoms with van der Waals surface area (Å²) in [6.45, 7) is 10.1. The van der Waals surface area contributed by atoms with E-state index in [4.69, 9.17) is 0 Å². The topological polar surface area (TPSA) is 77.5 Å². The molecule has 0 aromatic carbocycles. The second-order valence-corrected chi connectivity index (χ2v) is 7.74. The van der Waals surface area contributed by atoms with Gasteiger partial charge in [-0.15, -0.1) is 0 Å². The van der Waals surface area contributed by atoms with Gasteiger partial charge in [-0.25, -0.2) is 4.98 Å². The zero-order valence-corrected chi connectivity index (χ0v) is 16.5. The lowest BCUT2D eigenvalue weighted by Gasteiger charge is -2.30. The van der Waals surface area contributed by atoms with Crippen LogP contribution in [0.2, 0.25) is 0 Å². The number of amides is 1. The number of hydrogen-bond donors (Lipinski definition) is 3. The first kappa shape index (κ1) is 20.6. The molecular weight excluding hydrogens is 328 g/mol. The lowest BCUT2D eigenvalue weighted by atomic mass is 9.93. The largest absolute Gasteiger partial charge is 0.393 e. The summed E-state index contributed by atoms with van der Waals surface area (Å²) in [7, 11) is 0. The molecule has 1 amide bonds. The molecule has 146 valence electrons. The van der Waals surface area contributed by atoms with Crippen LogP contribution >= 0.6 is 0 Å². The van der Waals surface area contributed by atoms with Crippen LogP contribution in [0.5, 0.6) is 0 Å². The molecule has 1 aromatic heterocycles. The quantitative estimate of drug-likeness (QED) is 0.663. The molecule has 3 N–H and O–H groups in total. The first-order valence-corrected chi connectivity index (χ1v) is 9.82. The molecule has 1 fully saturated rings. The summed E-state index contributed by atoms with van der Waals surface area (Å²) >= 11 is 0. The third-order valence-electron chi connectivity index (χ3n) is 5.01. The molecule has 0 atom stereocenters. The van der Waals surface area contributed by atoms with Crippen molar-refractivity contribution in [2.24, 2.45) is 0 Å². The molecular formula is C20H34N4O2. The SMILES string of the molecule is CC(C)N(CCNC(=O)c1cccc(NC2CCC(O)CC2)n1)C(C)C. The van der Waals surface area contributed by atoms with Crippen molar-refractivity contribution in [1.82, 2.24) is 15.2 Å². The van der Waals surface area contributed by atoms with Gasteiger partial charge in [0.15, 0.2) is 0 Å². The summed E-state index contributed by atoms with van der Waals surface area (Å²) in [4.78, 5) is 19.2. The lowest BCUT2D eigenvalue weighted by molar-refractivity contribution is 0.0934. The lowest BCUT2D eigenvalue weighted by Crippen LogP contribution is -2.42. The summed E-state index contributed by atoms with van der Waals surface area (Å²) in [5.74, 6) is 0.588. The molecule has 6 nitrogen and oxygen atoms in total. The van der Waals surface area contributed by atoms with E-state index in [2.05, 4.69) is 48.2 Å². The summed E-state index contributed by atoms with van der Waals surface area (Å²) in [5.41, 5.74) is 0.437. The van der Waals surface area contributed by atoms with Crippen molar-refractivity contribution >= 4 is 11.7 Å². The van der Waals surface area contributed by atoms with Crippen LogP contribution in [0.4, 0.5) is 5.82 Å². The minimum Gasteiger partial charge on any atom is -0.393 e. The summed E-state index contributed by atoms with van der Waals surface area (Å²) in [5, 5.41) is 16.0. The number of anilines is 1. The third-order valence-corrected chi connectivity index (χ3v) is 5.01. The first-order chi connectivity index (χ1) is 12.4. The third kappa shape index (κ3) is 6.25. The molecule has 0 saturated heterocycles. The van der Waals surface area contributed by atoms with Gasteiger partial charge < -0.3 is 15.7 Å². The molecule has 1 aromatic rings. The van der Waals surface area contributed by atoms with Gasteiger partial charge in [-0.05, 0) is 65.5 Å². The second-order valence-electron chi connectivity index (χ2n) is 7.74. The van der Waals surface area contributed by atoms with Gasteiger partial charge in [0.05, 0.1) is 6.10 Å². The summed E-state index contributed by atoms with van der Waals surface area (Å²) < 4.78 is 0. The van der Waals surface area contributed by atoms with E-state index in [-0.39, 0.29) is 12.0 Å². The average molecular weight is 363 g/mol. The van der Waals surface area contributed by atoms with Crippen LogP contribution in [0.3, 0.4) is 0 Å². The highest BCUT2D eigenvalue weighted by Gasteiger charge is 2.20. The number of rotatable bonds is 8. The highest BCUT2D eigenvalue weighted by atomic mass is 16.3. The van der Waals surface area contributed by atoms with Crippen LogP contribution in [-0.4, -0.2) is 58.2 Å². The Labute approximate surface area is 157 Å². The normalized spacial score (nSPS) is 20.6. The van der Waals surface area contributed by atoms with Crippen LogP contribution in [-0.2, 0) is 0 Å². The molecule has 0 unspecified atom stereocenters. The Morgan fingerprint density at radius 2 is 1.85 bits per heavy atom. The number of aromatic nitrogens is 1. The fourth-order valence-electron chi connectivity index (χ4n) is 3.57. The van der Waals surface area contributed by atoms with Crippen molar-refractivity contribution in [3.05, 3.63) is 23.9 Å². The van der Waals surface area contributed by atoms with Gasteiger partial charge in [0.2, 0.25) is 0 Å². The standard InChI is InChI=1S/C20H34N4O2/c1-14(2)24(15(3)4)13-12-21-20(26)18-6-5-7-19(23-18)22-16-8-10-17(25)11-9-16/h5-7,14-17,25H,8-13H2,1-4H3,(H,21,26)(H,22,23). The number of carbonyl (C=O) groups excluding carboxylic acids is 1. The van der Waals surface area contributed by atoms with Crippen molar-refractivity contribution in [2.75, 3.05) is 18.4 Å². The number of hydrogen-bond acceptors (Lipinski definition) is 5. The van der Waals surface area contributed by atoms with Gasteiger partial charge in [-0.2, -0.15) is 0 Å². The van der Waals surface area contributed by atoms with Crippen LogP contribution in [0, 0.1) is 0 Å². The van der Waals surface area contributed by atoms with E-state index in [0.717, 1.165) is 38.0 Å². The fourth-order valence-corrected chi connectivity index (χ4v) is 3.57. The number of aliphatic hydroxyl groups is 1. The molecule has 6 heteroatoms.